The summed E-state index contributed by atoms with van der Waals surface area (Å²) in [6.07, 6.45) is 9.26. The summed E-state index contributed by atoms with van der Waals surface area (Å²) in [7, 11) is 2.39. The van der Waals surface area contributed by atoms with Crippen molar-refractivity contribution in [1.29, 1.82) is 0 Å². The highest BCUT2D eigenvalue weighted by Crippen LogP contribution is 2.56. The van der Waals surface area contributed by atoms with E-state index in [1.165, 1.54) is 12.8 Å². The second-order valence-electron chi connectivity index (χ2n) is 5.10. The molecule has 1 heteroatoms. The van der Waals surface area contributed by atoms with E-state index in [2.05, 4.69) is 14.8 Å². The maximum atomic E-state index is 2.39. The van der Waals surface area contributed by atoms with E-state index in [9.17, 15) is 0 Å². The van der Waals surface area contributed by atoms with Gasteiger partial charge in [0.2, 0.25) is 0 Å². The highest BCUT2D eigenvalue weighted by atomic mass is 14.5. The molecule has 11 heavy (non-hydrogen) atoms. The summed E-state index contributed by atoms with van der Waals surface area (Å²) >= 11 is 0. The molecule has 1 spiro atoms. The lowest BCUT2D eigenvalue weighted by Crippen LogP contribution is -2.26. The van der Waals surface area contributed by atoms with Gasteiger partial charge in [0.1, 0.15) is 7.85 Å². The summed E-state index contributed by atoms with van der Waals surface area (Å²) in [6.45, 7) is 2.39. The van der Waals surface area contributed by atoms with Crippen LogP contribution in [-0.4, -0.2) is 7.85 Å². The van der Waals surface area contributed by atoms with Crippen LogP contribution in [0.4, 0.5) is 0 Å². The quantitative estimate of drug-likeness (QED) is 0.503. The lowest BCUT2D eigenvalue weighted by molar-refractivity contribution is 0.136. The van der Waals surface area contributed by atoms with E-state index in [1.54, 1.807) is 25.7 Å². The summed E-state index contributed by atoms with van der Waals surface area (Å²) in [4.78, 5) is 0. The first-order chi connectivity index (χ1) is 5.22. The molecular formula is C10H19B. The Balaban J connectivity index is 1.93. The molecule has 62 valence electrons. The Labute approximate surface area is 71.2 Å². The van der Waals surface area contributed by atoms with Crippen LogP contribution in [0.3, 0.4) is 0 Å². The zero-order chi connectivity index (χ0) is 7.90. The van der Waals surface area contributed by atoms with Crippen molar-refractivity contribution >= 4 is 7.85 Å². The van der Waals surface area contributed by atoms with E-state index in [4.69, 9.17) is 0 Å². The number of hydrogen-bond donors (Lipinski definition) is 0. The molecule has 2 aliphatic carbocycles. The van der Waals surface area contributed by atoms with Crippen molar-refractivity contribution in [3.05, 3.63) is 0 Å². The van der Waals surface area contributed by atoms with Gasteiger partial charge < -0.3 is 0 Å². The zero-order valence-corrected chi connectivity index (χ0v) is 7.90. The van der Waals surface area contributed by atoms with E-state index >= 15 is 0 Å². The lowest BCUT2D eigenvalue weighted by atomic mass is 9.66. The summed E-state index contributed by atoms with van der Waals surface area (Å²) in [5, 5.41) is 0. The first kappa shape index (κ1) is 7.70. The molecule has 0 radical (unpaired) electrons. The first-order valence-electron chi connectivity index (χ1n) is 5.22. The topological polar surface area (TPSA) is 0 Å². The average Bonchev–Trinajstić information content (AvgIpc) is 2.28. The van der Waals surface area contributed by atoms with Crippen molar-refractivity contribution in [3.63, 3.8) is 0 Å². The van der Waals surface area contributed by atoms with Gasteiger partial charge in [0.05, 0.1) is 0 Å². The summed E-state index contributed by atoms with van der Waals surface area (Å²) in [6, 6.07) is 0. The van der Waals surface area contributed by atoms with Crippen LogP contribution >= 0.6 is 0 Å². The zero-order valence-electron chi connectivity index (χ0n) is 7.90. The van der Waals surface area contributed by atoms with E-state index in [-0.39, 0.29) is 0 Å². The largest absolute Gasteiger partial charge is 0.105 e. The van der Waals surface area contributed by atoms with Crippen molar-refractivity contribution in [3.8, 4) is 0 Å². The predicted molar refractivity (Wildman–Crippen MR) is 51.6 cm³/mol. The summed E-state index contributed by atoms with van der Waals surface area (Å²) in [5.41, 5.74) is 0.870. The monoisotopic (exact) mass is 150 g/mol. The van der Waals surface area contributed by atoms with Gasteiger partial charge in [0.25, 0.3) is 0 Å². The molecule has 2 saturated carbocycles. The third kappa shape index (κ3) is 1.23. The molecule has 0 aromatic carbocycles. The third-order valence-electron chi connectivity index (χ3n) is 4.10. The Bertz CT molecular complexity index is 147. The fraction of sp³-hybridized carbons (Fsp3) is 1.00. The van der Waals surface area contributed by atoms with Crippen LogP contribution in [0.25, 0.3) is 0 Å². The van der Waals surface area contributed by atoms with Crippen LogP contribution in [0.5, 0.6) is 0 Å². The molecule has 2 atom stereocenters. The fourth-order valence-corrected chi connectivity index (χ4v) is 2.95. The minimum atomic E-state index is 0.870. The second-order valence-corrected chi connectivity index (χ2v) is 5.10. The SMILES string of the molecule is BC(C)C1CCC2(CCC2)C1. The van der Waals surface area contributed by atoms with Gasteiger partial charge >= 0.3 is 0 Å². The Morgan fingerprint density at radius 2 is 2.09 bits per heavy atom. The minimum absolute atomic E-state index is 0.870. The normalized spacial score (nSPS) is 37.0. The van der Waals surface area contributed by atoms with Gasteiger partial charge in [-0.25, -0.2) is 0 Å². The van der Waals surface area contributed by atoms with Gasteiger partial charge in [0.15, 0.2) is 0 Å². The van der Waals surface area contributed by atoms with Crippen molar-refractivity contribution in [1.82, 2.24) is 0 Å². The molecule has 2 aliphatic rings. The smallest absolute Gasteiger partial charge is 0.0697 e. The molecule has 0 aromatic heterocycles. The highest BCUT2D eigenvalue weighted by Gasteiger charge is 2.43. The van der Waals surface area contributed by atoms with E-state index in [1.807, 2.05) is 0 Å². The average molecular weight is 150 g/mol. The maximum Gasteiger partial charge on any atom is 0.105 e. The van der Waals surface area contributed by atoms with Gasteiger partial charge in [0, 0.05) is 0 Å². The molecule has 0 N–H and O–H groups in total. The van der Waals surface area contributed by atoms with E-state index in [0.717, 1.165) is 17.2 Å². The Morgan fingerprint density at radius 3 is 2.36 bits per heavy atom. The van der Waals surface area contributed by atoms with Crippen molar-refractivity contribution in [2.24, 2.45) is 11.3 Å². The van der Waals surface area contributed by atoms with Gasteiger partial charge in [-0.15, -0.1) is 0 Å². The molecule has 2 fully saturated rings. The highest BCUT2D eigenvalue weighted by molar-refractivity contribution is 6.11. The minimum Gasteiger partial charge on any atom is -0.0697 e. The van der Waals surface area contributed by atoms with Gasteiger partial charge in [-0.1, -0.05) is 25.6 Å². The standard InChI is InChI=1S/C10H19B/c1-8(11)9-3-6-10(7-9)4-2-5-10/h8-9H,2-7,11H2,1H3. The summed E-state index contributed by atoms with van der Waals surface area (Å²) in [5.74, 6) is 2.00. The van der Waals surface area contributed by atoms with Crippen molar-refractivity contribution < 1.29 is 0 Å². The Kier molecular flexibility index (Phi) is 1.77. The Morgan fingerprint density at radius 1 is 1.36 bits per heavy atom. The van der Waals surface area contributed by atoms with Crippen LogP contribution in [0.1, 0.15) is 45.4 Å². The molecule has 0 bridgehead atoms. The molecule has 0 amide bonds. The number of hydrogen-bond acceptors (Lipinski definition) is 0. The molecule has 0 saturated heterocycles. The van der Waals surface area contributed by atoms with Gasteiger partial charge in [-0.3, -0.25) is 0 Å². The van der Waals surface area contributed by atoms with Crippen LogP contribution in [0.15, 0.2) is 0 Å². The Hall–Kier alpha value is 0.0649. The lowest BCUT2D eigenvalue weighted by Gasteiger charge is -2.39. The van der Waals surface area contributed by atoms with Gasteiger partial charge in [-0.05, 0) is 37.0 Å². The van der Waals surface area contributed by atoms with Crippen LogP contribution in [0.2, 0.25) is 5.82 Å². The van der Waals surface area contributed by atoms with Crippen molar-refractivity contribution in [2.75, 3.05) is 0 Å². The van der Waals surface area contributed by atoms with Crippen LogP contribution in [0, 0.1) is 11.3 Å². The van der Waals surface area contributed by atoms with Gasteiger partial charge in [-0.2, -0.15) is 0 Å². The number of rotatable bonds is 1. The third-order valence-corrected chi connectivity index (χ3v) is 4.10. The van der Waals surface area contributed by atoms with E-state index in [0.29, 0.717) is 0 Å². The maximum absolute atomic E-state index is 2.39. The first-order valence-corrected chi connectivity index (χ1v) is 5.22. The molecule has 0 aliphatic heterocycles. The second kappa shape index (κ2) is 2.53. The fourth-order valence-electron chi connectivity index (χ4n) is 2.95. The molecule has 0 aromatic rings. The summed E-state index contributed by atoms with van der Waals surface area (Å²) < 4.78 is 0. The van der Waals surface area contributed by atoms with Crippen LogP contribution in [-0.2, 0) is 0 Å². The molecule has 0 heterocycles. The van der Waals surface area contributed by atoms with Crippen molar-refractivity contribution in [2.45, 2.75) is 51.3 Å². The molecular weight excluding hydrogens is 131 g/mol. The molecule has 2 unspecified atom stereocenters. The van der Waals surface area contributed by atoms with Crippen LogP contribution < -0.4 is 0 Å². The molecule has 0 nitrogen and oxygen atoms in total. The predicted octanol–water partition coefficient (Wildman–Crippen LogP) is 2.40. The molecule has 2 rings (SSSR count). The van der Waals surface area contributed by atoms with E-state index < -0.39 is 0 Å².